The first kappa shape index (κ1) is 18.7. The summed E-state index contributed by atoms with van der Waals surface area (Å²) in [5.41, 5.74) is 2.89. The molecular formula is C22H22N2O3S. The fourth-order valence-electron chi connectivity index (χ4n) is 3.70. The summed E-state index contributed by atoms with van der Waals surface area (Å²) in [5.74, 6) is -0.302. The smallest absolute Gasteiger partial charge is 0.255 e. The van der Waals surface area contributed by atoms with E-state index in [0.29, 0.717) is 24.4 Å². The van der Waals surface area contributed by atoms with E-state index in [0.717, 1.165) is 15.4 Å². The number of benzene rings is 2. The molecule has 2 aliphatic heterocycles. The van der Waals surface area contributed by atoms with Gasteiger partial charge in [0.1, 0.15) is 6.04 Å². The number of hydrogen-bond donors (Lipinski definition) is 1. The number of nitrogens with zero attached hydrogens (tertiary/aromatic N) is 1. The minimum Gasteiger partial charge on any atom is -0.322 e. The molecule has 2 aromatic rings. The molecule has 2 heterocycles. The molecule has 5 nitrogen and oxygen atoms in total. The molecule has 6 heteroatoms. The molecule has 0 bridgehead atoms. The molecule has 1 N–H and O–H groups in total. The molecule has 0 aromatic heterocycles. The zero-order chi connectivity index (χ0) is 19.8. The fourth-order valence-corrected chi connectivity index (χ4v) is 4.67. The molecule has 0 radical (unpaired) electrons. The Morgan fingerprint density at radius 2 is 1.82 bits per heavy atom. The third-order valence-corrected chi connectivity index (χ3v) is 6.42. The number of fused-ring (bicyclic) bond motifs is 1. The van der Waals surface area contributed by atoms with Crippen molar-refractivity contribution in [3.63, 3.8) is 0 Å². The lowest BCUT2D eigenvalue weighted by molar-refractivity contribution is -0.136. The normalized spacial score (nSPS) is 19.2. The van der Waals surface area contributed by atoms with Crippen LogP contribution >= 0.6 is 11.8 Å². The van der Waals surface area contributed by atoms with E-state index in [1.54, 1.807) is 16.7 Å². The lowest BCUT2D eigenvalue weighted by Gasteiger charge is -2.29. The average Bonchev–Trinajstić information content (AvgIpc) is 3.00. The van der Waals surface area contributed by atoms with Gasteiger partial charge in [-0.2, -0.15) is 0 Å². The summed E-state index contributed by atoms with van der Waals surface area (Å²) in [4.78, 5) is 40.3. The van der Waals surface area contributed by atoms with Crippen molar-refractivity contribution >= 4 is 29.5 Å². The van der Waals surface area contributed by atoms with Gasteiger partial charge in [-0.15, -0.1) is 0 Å². The van der Waals surface area contributed by atoms with E-state index < -0.39 is 6.04 Å². The van der Waals surface area contributed by atoms with Gasteiger partial charge in [-0.05, 0) is 47.7 Å². The molecule has 144 valence electrons. The van der Waals surface area contributed by atoms with Crippen LogP contribution in [0.4, 0.5) is 0 Å². The van der Waals surface area contributed by atoms with Crippen LogP contribution < -0.4 is 5.32 Å². The highest BCUT2D eigenvalue weighted by Gasteiger charge is 2.39. The van der Waals surface area contributed by atoms with Gasteiger partial charge in [0.15, 0.2) is 0 Å². The number of carbonyl (C=O) groups excluding carboxylic acids is 3. The van der Waals surface area contributed by atoms with Gasteiger partial charge >= 0.3 is 0 Å². The molecule has 0 spiro atoms. The van der Waals surface area contributed by atoms with Gasteiger partial charge in [0.2, 0.25) is 11.8 Å². The SMILES string of the molecule is CC(C)c1ccc(Sc2cccc3c2CN(C2CCC(=O)NC2=O)C3=O)cc1. The van der Waals surface area contributed by atoms with Gasteiger partial charge in [-0.3, -0.25) is 19.7 Å². The van der Waals surface area contributed by atoms with Crippen LogP contribution in [0, 0.1) is 0 Å². The Balaban J connectivity index is 1.57. The molecule has 0 aliphatic carbocycles. The van der Waals surface area contributed by atoms with E-state index in [1.807, 2.05) is 18.2 Å². The minimum atomic E-state index is -0.583. The molecule has 4 rings (SSSR count). The highest BCUT2D eigenvalue weighted by molar-refractivity contribution is 7.99. The molecule has 1 unspecified atom stereocenters. The third kappa shape index (κ3) is 3.44. The van der Waals surface area contributed by atoms with Gasteiger partial charge in [0.05, 0.1) is 0 Å². The monoisotopic (exact) mass is 394 g/mol. The van der Waals surface area contributed by atoms with Gasteiger partial charge in [0, 0.05) is 28.3 Å². The minimum absolute atomic E-state index is 0.137. The number of imide groups is 1. The van der Waals surface area contributed by atoms with E-state index in [9.17, 15) is 14.4 Å². The maximum atomic E-state index is 12.9. The molecule has 1 saturated heterocycles. The number of hydrogen-bond acceptors (Lipinski definition) is 4. The van der Waals surface area contributed by atoms with Crippen molar-refractivity contribution in [1.82, 2.24) is 10.2 Å². The quantitative estimate of drug-likeness (QED) is 0.803. The summed E-state index contributed by atoms with van der Waals surface area (Å²) >= 11 is 1.63. The fraction of sp³-hybridized carbons (Fsp3) is 0.318. The van der Waals surface area contributed by atoms with Crippen molar-refractivity contribution in [3.8, 4) is 0 Å². The Bertz CT molecular complexity index is 953. The summed E-state index contributed by atoms with van der Waals surface area (Å²) < 4.78 is 0. The first-order valence-corrected chi connectivity index (χ1v) is 10.3. The molecule has 3 amide bonds. The molecule has 2 aliphatic rings. The van der Waals surface area contributed by atoms with Crippen molar-refractivity contribution in [3.05, 3.63) is 59.2 Å². The van der Waals surface area contributed by atoms with Gasteiger partial charge in [0.25, 0.3) is 5.91 Å². The van der Waals surface area contributed by atoms with E-state index in [2.05, 4.69) is 43.4 Å². The van der Waals surface area contributed by atoms with Crippen LogP contribution in [-0.2, 0) is 16.1 Å². The number of rotatable bonds is 4. The second-order valence-electron chi connectivity index (χ2n) is 7.51. The summed E-state index contributed by atoms with van der Waals surface area (Å²) in [6.45, 7) is 4.73. The maximum absolute atomic E-state index is 12.9. The number of nitrogens with one attached hydrogen (secondary N) is 1. The number of amides is 3. The maximum Gasteiger partial charge on any atom is 0.255 e. The Kier molecular flexibility index (Phi) is 4.98. The van der Waals surface area contributed by atoms with Crippen LogP contribution in [0.25, 0.3) is 0 Å². The van der Waals surface area contributed by atoms with Crippen LogP contribution in [0.3, 0.4) is 0 Å². The van der Waals surface area contributed by atoms with Crippen molar-refractivity contribution in [2.24, 2.45) is 0 Å². The summed E-state index contributed by atoms with van der Waals surface area (Å²) in [5, 5.41) is 2.35. The highest BCUT2D eigenvalue weighted by atomic mass is 32.2. The molecule has 0 saturated carbocycles. The number of piperidine rings is 1. The molecule has 2 aromatic carbocycles. The molecular weight excluding hydrogens is 372 g/mol. The van der Waals surface area contributed by atoms with Gasteiger partial charge in [-0.25, -0.2) is 0 Å². The Hall–Kier alpha value is -2.60. The van der Waals surface area contributed by atoms with E-state index in [4.69, 9.17) is 0 Å². The largest absolute Gasteiger partial charge is 0.322 e. The first-order chi connectivity index (χ1) is 13.4. The zero-order valence-corrected chi connectivity index (χ0v) is 16.7. The topological polar surface area (TPSA) is 66.5 Å². The average molecular weight is 394 g/mol. The number of carbonyl (C=O) groups is 3. The second-order valence-corrected chi connectivity index (χ2v) is 8.62. The van der Waals surface area contributed by atoms with Crippen LogP contribution in [0.5, 0.6) is 0 Å². The molecule has 1 atom stereocenters. The standard InChI is InChI=1S/C22H22N2O3S/c1-13(2)14-6-8-15(9-7-14)28-19-5-3-4-16-17(19)12-24(22(16)27)18-10-11-20(25)23-21(18)26/h3-9,13,18H,10-12H2,1-2H3,(H,23,25,26). The van der Waals surface area contributed by atoms with Crippen molar-refractivity contribution in [1.29, 1.82) is 0 Å². The first-order valence-electron chi connectivity index (χ1n) is 9.48. The van der Waals surface area contributed by atoms with Crippen molar-refractivity contribution in [2.75, 3.05) is 0 Å². The summed E-state index contributed by atoms with van der Waals surface area (Å²) in [6.07, 6.45) is 0.643. The Morgan fingerprint density at radius 3 is 2.50 bits per heavy atom. The van der Waals surface area contributed by atoms with Crippen LogP contribution in [0.2, 0.25) is 0 Å². The van der Waals surface area contributed by atoms with E-state index >= 15 is 0 Å². The van der Waals surface area contributed by atoms with Crippen LogP contribution in [-0.4, -0.2) is 28.7 Å². The Labute approximate surface area is 168 Å². The van der Waals surface area contributed by atoms with Crippen LogP contribution in [0.15, 0.2) is 52.3 Å². The lowest BCUT2D eigenvalue weighted by Crippen LogP contribution is -2.52. The van der Waals surface area contributed by atoms with Crippen molar-refractivity contribution in [2.45, 2.75) is 55.0 Å². The lowest BCUT2D eigenvalue weighted by atomic mass is 10.0. The van der Waals surface area contributed by atoms with E-state index in [1.165, 1.54) is 5.56 Å². The molecule has 1 fully saturated rings. The second kappa shape index (κ2) is 7.43. The third-order valence-electron chi connectivity index (χ3n) is 5.31. The van der Waals surface area contributed by atoms with Crippen molar-refractivity contribution < 1.29 is 14.4 Å². The summed E-state index contributed by atoms with van der Waals surface area (Å²) in [7, 11) is 0. The summed E-state index contributed by atoms with van der Waals surface area (Å²) in [6, 6.07) is 13.6. The Morgan fingerprint density at radius 1 is 1.07 bits per heavy atom. The highest BCUT2D eigenvalue weighted by Crippen LogP contribution is 2.37. The molecule has 28 heavy (non-hydrogen) atoms. The zero-order valence-electron chi connectivity index (χ0n) is 15.9. The van der Waals surface area contributed by atoms with E-state index in [-0.39, 0.29) is 24.1 Å². The predicted molar refractivity (Wildman–Crippen MR) is 107 cm³/mol. The van der Waals surface area contributed by atoms with Crippen LogP contribution in [0.1, 0.15) is 54.1 Å². The predicted octanol–water partition coefficient (Wildman–Crippen LogP) is 3.72. The van der Waals surface area contributed by atoms with Gasteiger partial charge in [-0.1, -0.05) is 43.8 Å². The van der Waals surface area contributed by atoms with Gasteiger partial charge < -0.3 is 4.90 Å².